The Balaban J connectivity index is 1.91. The number of fused-ring (bicyclic) bond motifs is 1. The third kappa shape index (κ3) is 2.37. The Kier molecular flexibility index (Phi) is 3.37. The summed E-state index contributed by atoms with van der Waals surface area (Å²) in [5.74, 6) is 1.02. The van der Waals surface area contributed by atoms with E-state index in [-0.39, 0.29) is 0 Å². The van der Waals surface area contributed by atoms with Crippen molar-refractivity contribution in [3.63, 3.8) is 0 Å². The SMILES string of the molecule is N#Cc1cc(Cl)ccc1Oc1ccc2c(c1)COB2O. The molecule has 4 nitrogen and oxygen atoms in total. The van der Waals surface area contributed by atoms with Gasteiger partial charge in [-0.25, -0.2) is 0 Å². The molecule has 0 amide bonds. The number of halogens is 1. The van der Waals surface area contributed by atoms with Gasteiger partial charge in [0.25, 0.3) is 0 Å². The first-order valence-electron chi connectivity index (χ1n) is 5.97. The lowest BCUT2D eigenvalue weighted by Crippen LogP contribution is -2.27. The van der Waals surface area contributed by atoms with Crippen LogP contribution in [0.4, 0.5) is 0 Å². The van der Waals surface area contributed by atoms with Crippen LogP contribution in [0.5, 0.6) is 11.5 Å². The molecule has 1 aliphatic rings. The molecule has 0 aromatic heterocycles. The van der Waals surface area contributed by atoms with Crippen molar-refractivity contribution in [2.24, 2.45) is 0 Å². The standard InChI is InChI=1S/C14H9BClNO3/c16-11-1-4-14(9(5-11)7-17)20-12-2-3-13-10(6-12)8-19-15(13)18/h1-6,18H,8H2. The molecular formula is C14H9BClNO3. The van der Waals surface area contributed by atoms with Gasteiger partial charge >= 0.3 is 7.12 Å². The van der Waals surface area contributed by atoms with E-state index in [9.17, 15) is 5.02 Å². The quantitative estimate of drug-likeness (QED) is 0.859. The van der Waals surface area contributed by atoms with Crippen LogP contribution in [0.25, 0.3) is 0 Å². The Bertz CT molecular complexity index is 714. The van der Waals surface area contributed by atoms with Crippen LogP contribution in [0.3, 0.4) is 0 Å². The van der Waals surface area contributed by atoms with Gasteiger partial charge in [0.05, 0.1) is 12.2 Å². The van der Waals surface area contributed by atoms with Crippen molar-refractivity contribution in [3.05, 3.63) is 52.5 Å². The summed E-state index contributed by atoms with van der Waals surface area (Å²) >= 11 is 5.84. The average molecular weight is 285 g/mol. The maximum Gasteiger partial charge on any atom is 0.491 e. The molecule has 2 aromatic carbocycles. The summed E-state index contributed by atoms with van der Waals surface area (Å²) in [6.07, 6.45) is 0. The van der Waals surface area contributed by atoms with Gasteiger partial charge in [-0.1, -0.05) is 17.7 Å². The lowest BCUT2D eigenvalue weighted by atomic mass is 9.80. The molecule has 1 aliphatic heterocycles. The highest BCUT2D eigenvalue weighted by Gasteiger charge is 2.27. The van der Waals surface area contributed by atoms with E-state index < -0.39 is 7.12 Å². The molecule has 0 fully saturated rings. The Morgan fingerprint density at radius 2 is 2.15 bits per heavy atom. The summed E-state index contributed by atoms with van der Waals surface area (Å²) in [4.78, 5) is 0. The molecule has 0 radical (unpaired) electrons. The highest BCUT2D eigenvalue weighted by atomic mass is 35.5. The van der Waals surface area contributed by atoms with Crippen LogP contribution in [0.1, 0.15) is 11.1 Å². The van der Waals surface area contributed by atoms with E-state index >= 15 is 0 Å². The van der Waals surface area contributed by atoms with Gasteiger partial charge in [0, 0.05) is 5.02 Å². The van der Waals surface area contributed by atoms with Gasteiger partial charge in [0.2, 0.25) is 0 Å². The molecule has 1 N–H and O–H groups in total. The first-order valence-corrected chi connectivity index (χ1v) is 6.35. The predicted molar refractivity (Wildman–Crippen MR) is 75.1 cm³/mol. The molecule has 20 heavy (non-hydrogen) atoms. The molecular weight excluding hydrogens is 276 g/mol. The Hall–Kier alpha value is -2.00. The van der Waals surface area contributed by atoms with E-state index in [1.54, 1.807) is 36.4 Å². The molecule has 0 aliphatic carbocycles. The van der Waals surface area contributed by atoms with Gasteiger partial charge in [0.1, 0.15) is 17.6 Å². The highest BCUT2D eigenvalue weighted by molar-refractivity contribution is 6.61. The second-order valence-corrected chi connectivity index (χ2v) is 4.81. The average Bonchev–Trinajstić information content (AvgIpc) is 2.82. The van der Waals surface area contributed by atoms with Crippen LogP contribution in [0, 0.1) is 11.3 Å². The van der Waals surface area contributed by atoms with Crippen molar-refractivity contribution in [1.82, 2.24) is 0 Å². The lowest BCUT2D eigenvalue weighted by Gasteiger charge is -2.09. The molecule has 0 unspecified atom stereocenters. The molecule has 0 saturated carbocycles. The van der Waals surface area contributed by atoms with E-state index in [0.29, 0.717) is 28.7 Å². The minimum Gasteiger partial charge on any atom is -0.456 e. The molecule has 3 rings (SSSR count). The van der Waals surface area contributed by atoms with Crippen LogP contribution in [0.2, 0.25) is 5.02 Å². The molecule has 1 heterocycles. The second kappa shape index (κ2) is 5.18. The third-order valence-electron chi connectivity index (χ3n) is 3.07. The van der Waals surface area contributed by atoms with Crippen molar-refractivity contribution in [2.45, 2.75) is 6.61 Å². The summed E-state index contributed by atoms with van der Waals surface area (Å²) in [5, 5.41) is 19.1. The summed E-state index contributed by atoms with van der Waals surface area (Å²) in [7, 11) is -0.871. The van der Waals surface area contributed by atoms with E-state index in [1.807, 2.05) is 6.07 Å². The van der Waals surface area contributed by atoms with E-state index in [2.05, 4.69) is 0 Å². The van der Waals surface area contributed by atoms with Crippen LogP contribution in [-0.4, -0.2) is 12.1 Å². The minimum absolute atomic E-state index is 0.347. The maximum absolute atomic E-state index is 9.55. The smallest absolute Gasteiger partial charge is 0.456 e. The topological polar surface area (TPSA) is 62.5 Å². The summed E-state index contributed by atoms with van der Waals surface area (Å²) in [6, 6.07) is 12.2. The van der Waals surface area contributed by atoms with E-state index in [0.717, 1.165) is 11.0 Å². The number of hydrogen-bond donors (Lipinski definition) is 1. The molecule has 0 bridgehead atoms. The van der Waals surface area contributed by atoms with Gasteiger partial charge in [-0.05, 0) is 41.4 Å². The van der Waals surface area contributed by atoms with E-state index in [4.69, 9.17) is 26.3 Å². The highest BCUT2D eigenvalue weighted by Crippen LogP contribution is 2.28. The molecule has 6 heteroatoms. The summed E-state index contributed by atoms with van der Waals surface area (Å²) in [5.41, 5.74) is 1.99. The minimum atomic E-state index is -0.871. The van der Waals surface area contributed by atoms with Gasteiger partial charge in [-0.15, -0.1) is 0 Å². The normalized spacial score (nSPS) is 12.9. The van der Waals surface area contributed by atoms with Gasteiger partial charge in [-0.3, -0.25) is 0 Å². The molecule has 0 spiro atoms. The van der Waals surface area contributed by atoms with Crippen molar-refractivity contribution in [2.75, 3.05) is 0 Å². The van der Waals surface area contributed by atoms with Crippen molar-refractivity contribution < 1.29 is 14.4 Å². The number of benzene rings is 2. The first kappa shape index (κ1) is 13.0. The van der Waals surface area contributed by atoms with Crippen molar-refractivity contribution >= 4 is 24.2 Å². The summed E-state index contributed by atoms with van der Waals surface area (Å²) < 4.78 is 10.8. The number of ether oxygens (including phenoxy) is 1. The number of hydrogen-bond acceptors (Lipinski definition) is 4. The number of nitrogens with zero attached hydrogens (tertiary/aromatic N) is 1. The fourth-order valence-electron chi connectivity index (χ4n) is 2.08. The van der Waals surface area contributed by atoms with Crippen LogP contribution < -0.4 is 10.2 Å². The largest absolute Gasteiger partial charge is 0.491 e. The van der Waals surface area contributed by atoms with Crippen molar-refractivity contribution in [1.29, 1.82) is 5.26 Å². The zero-order valence-electron chi connectivity index (χ0n) is 10.3. The van der Waals surface area contributed by atoms with Gasteiger partial charge in [0.15, 0.2) is 0 Å². The Labute approximate surface area is 121 Å². The van der Waals surface area contributed by atoms with Crippen LogP contribution >= 0.6 is 11.6 Å². The Morgan fingerprint density at radius 3 is 2.95 bits per heavy atom. The summed E-state index contributed by atoms with van der Waals surface area (Å²) in [6.45, 7) is 0.347. The zero-order valence-corrected chi connectivity index (χ0v) is 11.1. The fraction of sp³-hybridized carbons (Fsp3) is 0.0714. The number of rotatable bonds is 2. The molecule has 98 valence electrons. The fourth-order valence-corrected chi connectivity index (χ4v) is 2.25. The van der Waals surface area contributed by atoms with Gasteiger partial charge < -0.3 is 14.4 Å². The first-order chi connectivity index (χ1) is 9.67. The lowest BCUT2D eigenvalue weighted by molar-refractivity contribution is 0.275. The Morgan fingerprint density at radius 1 is 1.30 bits per heavy atom. The maximum atomic E-state index is 9.55. The van der Waals surface area contributed by atoms with Crippen LogP contribution in [-0.2, 0) is 11.3 Å². The monoisotopic (exact) mass is 285 g/mol. The third-order valence-corrected chi connectivity index (χ3v) is 3.30. The molecule has 0 saturated heterocycles. The van der Waals surface area contributed by atoms with Crippen LogP contribution in [0.15, 0.2) is 36.4 Å². The second-order valence-electron chi connectivity index (χ2n) is 4.38. The van der Waals surface area contributed by atoms with Crippen molar-refractivity contribution in [3.8, 4) is 17.6 Å². The van der Waals surface area contributed by atoms with Gasteiger partial charge in [-0.2, -0.15) is 5.26 Å². The number of nitriles is 1. The molecule has 2 aromatic rings. The zero-order chi connectivity index (χ0) is 14.1. The molecule has 0 atom stereocenters. The predicted octanol–water partition coefficient (Wildman–Crippen LogP) is 2.22. The van der Waals surface area contributed by atoms with E-state index in [1.165, 1.54) is 0 Å².